The van der Waals surface area contributed by atoms with Crippen molar-refractivity contribution in [1.29, 1.82) is 0 Å². The third kappa shape index (κ3) is 2.97. The summed E-state index contributed by atoms with van der Waals surface area (Å²) in [6.07, 6.45) is 1.02. The van der Waals surface area contributed by atoms with Crippen LogP contribution in [-0.4, -0.2) is 21.4 Å². The zero-order valence-electron chi connectivity index (χ0n) is 10.5. The van der Waals surface area contributed by atoms with Crippen LogP contribution in [0.25, 0.3) is 0 Å². The van der Waals surface area contributed by atoms with E-state index in [1.54, 1.807) is 6.07 Å². The highest BCUT2D eigenvalue weighted by atomic mass is 19.1. The first-order chi connectivity index (χ1) is 9.61. The van der Waals surface area contributed by atoms with Gasteiger partial charge in [0.2, 0.25) is 5.95 Å². The number of benzene rings is 1. The predicted molar refractivity (Wildman–Crippen MR) is 69.3 cm³/mol. The first-order valence-electron chi connectivity index (χ1n) is 5.79. The van der Waals surface area contributed by atoms with Crippen molar-refractivity contribution in [3.63, 3.8) is 0 Å². The number of nitrogens with one attached hydrogen (secondary N) is 1. The zero-order chi connectivity index (χ0) is 14.5. The Bertz CT molecular complexity index is 636. The average molecular weight is 278 g/mol. The second-order valence-electron chi connectivity index (χ2n) is 3.70. The van der Waals surface area contributed by atoms with E-state index in [4.69, 9.17) is 4.74 Å². The molecule has 1 heterocycles. The molecule has 0 spiro atoms. The Kier molecular flexibility index (Phi) is 4.04. The van der Waals surface area contributed by atoms with Crippen LogP contribution < -0.4 is 10.1 Å². The smallest absolute Gasteiger partial charge is 0.349 e. The van der Waals surface area contributed by atoms with E-state index in [0.29, 0.717) is 6.54 Å². The molecule has 1 N–H and O–H groups in total. The molecule has 0 saturated carbocycles. The van der Waals surface area contributed by atoms with Gasteiger partial charge in [0.05, 0.1) is 4.92 Å². The van der Waals surface area contributed by atoms with Crippen molar-refractivity contribution < 1.29 is 14.1 Å². The van der Waals surface area contributed by atoms with E-state index in [0.717, 1.165) is 6.20 Å². The SMILES string of the molecule is CCNc1ncc([N+](=O)[O-])c(Oc2ccccc2F)n1. The first kappa shape index (κ1) is 13.7. The molecule has 0 bridgehead atoms. The summed E-state index contributed by atoms with van der Waals surface area (Å²) in [6.45, 7) is 2.36. The molecule has 0 atom stereocenters. The number of para-hydroxylation sites is 1. The van der Waals surface area contributed by atoms with Gasteiger partial charge in [0.1, 0.15) is 6.20 Å². The fraction of sp³-hybridized carbons (Fsp3) is 0.167. The standard InChI is InChI=1S/C12H11FN4O3/c1-2-14-12-15-7-9(17(18)19)11(16-12)20-10-6-4-3-5-8(10)13/h3-7H,2H2,1H3,(H,14,15,16). The molecule has 1 aromatic carbocycles. The van der Waals surface area contributed by atoms with E-state index in [2.05, 4.69) is 15.3 Å². The van der Waals surface area contributed by atoms with Crippen LogP contribution in [0.2, 0.25) is 0 Å². The van der Waals surface area contributed by atoms with Gasteiger partial charge in [-0.15, -0.1) is 0 Å². The number of nitrogens with zero attached hydrogens (tertiary/aromatic N) is 3. The molecule has 0 aliphatic heterocycles. The molecule has 0 aliphatic carbocycles. The van der Waals surface area contributed by atoms with Gasteiger partial charge in [-0.3, -0.25) is 10.1 Å². The number of anilines is 1. The summed E-state index contributed by atoms with van der Waals surface area (Å²) in [5.41, 5.74) is -0.435. The van der Waals surface area contributed by atoms with Gasteiger partial charge in [0.25, 0.3) is 0 Å². The van der Waals surface area contributed by atoms with Crippen LogP contribution in [-0.2, 0) is 0 Å². The predicted octanol–water partition coefficient (Wildman–Crippen LogP) is 2.75. The van der Waals surface area contributed by atoms with Crippen molar-refractivity contribution >= 4 is 11.6 Å². The van der Waals surface area contributed by atoms with Crippen LogP contribution in [0, 0.1) is 15.9 Å². The number of ether oxygens (including phenoxy) is 1. The minimum Gasteiger partial charge on any atom is -0.430 e. The van der Waals surface area contributed by atoms with Crippen LogP contribution in [0.1, 0.15) is 6.92 Å². The highest BCUT2D eigenvalue weighted by molar-refractivity contribution is 5.45. The largest absolute Gasteiger partial charge is 0.430 e. The van der Waals surface area contributed by atoms with Gasteiger partial charge in [-0.25, -0.2) is 9.37 Å². The summed E-state index contributed by atoms with van der Waals surface area (Å²) in [7, 11) is 0. The minimum absolute atomic E-state index is 0.142. The Hall–Kier alpha value is -2.77. The normalized spacial score (nSPS) is 10.1. The van der Waals surface area contributed by atoms with Crippen LogP contribution in [0.15, 0.2) is 30.5 Å². The highest BCUT2D eigenvalue weighted by Crippen LogP contribution is 2.30. The summed E-state index contributed by atoms with van der Waals surface area (Å²) in [4.78, 5) is 17.9. The second-order valence-corrected chi connectivity index (χ2v) is 3.70. The van der Waals surface area contributed by atoms with Crippen LogP contribution in [0.5, 0.6) is 11.6 Å². The number of halogens is 1. The van der Waals surface area contributed by atoms with Crippen molar-refractivity contribution in [2.45, 2.75) is 6.92 Å². The monoisotopic (exact) mass is 278 g/mol. The van der Waals surface area contributed by atoms with Crippen molar-refractivity contribution in [2.24, 2.45) is 0 Å². The lowest BCUT2D eigenvalue weighted by atomic mass is 10.3. The quantitative estimate of drug-likeness (QED) is 0.668. The summed E-state index contributed by atoms with van der Waals surface area (Å²) < 4.78 is 18.7. The molecule has 1 aromatic heterocycles. The lowest BCUT2D eigenvalue weighted by Crippen LogP contribution is -2.05. The fourth-order valence-corrected chi connectivity index (χ4v) is 1.44. The minimum atomic E-state index is -0.689. The van der Waals surface area contributed by atoms with Gasteiger partial charge in [0.15, 0.2) is 11.6 Å². The number of hydrogen-bond acceptors (Lipinski definition) is 6. The van der Waals surface area contributed by atoms with E-state index in [1.807, 2.05) is 6.92 Å². The molecule has 0 unspecified atom stereocenters. The van der Waals surface area contributed by atoms with Gasteiger partial charge < -0.3 is 10.1 Å². The van der Waals surface area contributed by atoms with E-state index in [-0.39, 0.29) is 17.6 Å². The molecule has 104 valence electrons. The topological polar surface area (TPSA) is 90.2 Å². The zero-order valence-corrected chi connectivity index (χ0v) is 10.5. The van der Waals surface area contributed by atoms with E-state index in [9.17, 15) is 14.5 Å². The third-order valence-electron chi connectivity index (χ3n) is 2.31. The molecule has 20 heavy (non-hydrogen) atoms. The molecule has 2 aromatic rings. The van der Waals surface area contributed by atoms with Crippen molar-refractivity contribution in [3.8, 4) is 11.6 Å². The molecule has 2 rings (SSSR count). The van der Waals surface area contributed by atoms with Crippen LogP contribution in [0.3, 0.4) is 0 Å². The number of rotatable bonds is 5. The van der Waals surface area contributed by atoms with Crippen molar-refractivity contribution in [2.75, 3.05) is 11.9 Å². The molecule has 0 radical (unpaired) electrons. The Balaban J connectivity index is 2.40. The molecule has 0 aliphatic rings. The summed E-state index contributed by atoms with van der Waals surface area (Å²) in [5.74, 6) is -0.919. The highest BCUT2D eigenvalue weighted by Gasteiger charge is 2.20. The third-order valence-corrected chi connectivity index (χ3v) is 2.31. The lowest BCUT2D eigenvalue weighted by Gasteiger charge is -2.07. The Morgan fingerprint density at radius 1 is 1.45 bits per heavy atom. The first-order valence-corrected chi connectivity index (χ1v) is 5.79. The molecule has 8 heteroatoms. The molecule has 0 fully saturated rings. The van der Waals surface area contributed by atoms with E-state index in [1.165, 1.54) is 18.2 Å². The fourth-order valence-electron chi connectivity index (χ4n) is 1.44. The molecular weight excluding hydrogens is 267 g/mol. The lowest BCUT2D eigenvalue weighted by molar-refractivity contribution is -0.386. The Morgan fingerprint density at radius 3 is 2.85 bits per heavy atom. The van der Waals surface area contributed by atoms with Crippen molar-refractivity contribution in [1.82, 2.24) is 9.97 Å². The average Bonchev–Trinajstić information content (AvgIpc) is 2.42. The molecular formula is C12H11FN4O3. The summed E-state index contributed by atoms with van der Waals surface area (Å²) in [5, 5.41) is 13.7. The molecule has 0 amide bonds. The number of nitro groups is 1. The maximum atomic E-state index is 13.5. The van der Waals surface area contributed by atoms with Gasteiger partial charge in [-0.1, -0.05) is 12.1 Å². The van der Waals surface area contributed by atoms with Gasteiger partial charge in [-0.05, 0) is 19.1 Å². The van der Waals surface area contributed by atoms with Gasteiger partial charge >= 0.3 is 11.6 Å². The van der Waals surface area contributed by atoms with Crippen LogP contribution >= 0.6 is 0 Å². The summed E-state index contributed by atoms with van der Waals surface area (Å²) >= 11 is 0. The molecule has 0 saturated heterocycles. The Labute approximate surface area is 113 Å². The van der Waals surface area contributed by atoms with Gasteiger partial charge in [0, 0.05) is 6.54 Å². The van der Waals surface area contributed by atoms with E-state index < -0.39 is 16.4 Å². The summed E-state index contributed by atoms with van der Waals surface area (Å²) in [6, 6.07) is 5.58. The van der Waals surface area contributed by atoms with E-state index >= 15 is 0 Å². The Morgan fingerprint density at radius 2 is 2.20 bits per heavy atom. The van der Waals surface area contributed by atoms with Crippen LogP contribution in [0.4, 0.5) is 16.0 Å². The van der Waals surface area contributed by atoms with Gasteiger partial charge in [-0.2, -0.15) is 4.98 Å². The van der Waals surface area contributed by atoms with Crippen molar-refractivity contribution in [3.05, 3.63) is 46.4 Å². The number of hydrogen-bond donors (Lipinski definition) is 1. The second kappa shape index (κ2) is 5.91. The molecule has 7 nitrogen and oxygen atoms in total. The maximum absolute atomic E-state index is 13.5. The number of aromatic nitrogens is 2. The maximum Gasteiger partial charge on any atom is 0.349 e.